The Bertz CT molecular complexity index is 528. The summed E-state index contributed by atoms with van der Waals surface area (Å²) in [4.78, 5) is 3.52. The average molecular weight is 315 g/mol. The lowest BCUT2D eigenvalue weighted by atomic mass is 10.1. The van der Waals surface area contributed by atoms with Gasteiger partial charge in [-0.2, -0.15) is 0 Å². The minimum Gasteiger partial charge on any atom is -0.329 e. The lowest BCUT2D eigenvalue weighted by Crippen LogP contribution is -2.30. The zero-order valence-corrected chi connectivity index (χ0v) is 13.0. The fraction of sp³-hybridized carbons (Fsp3) is 0.286. The largest absolute Gasteiger partial charge is 0.329 e. The third kappa shape index (κ3) is 3.71. The van der Waals surface area contributed by atoms with Crippen LogP contribution in [0.25, 0.3) is 0 Å². The molecule has 0 fully saturated rings. The first-order chi connectivity index (χ1) is 9.11. The van der Waals surface area contributed by atoms with E-state index in [0.717, 1.165) is 12.1 Å². The number of halogens is 2. The third-order valence-corrected chi connectivity index (χ3v) is 4.49. The monoisotopic (exact) mass is 314 g/mol. The maximum Gasteiger partial charge on any atom is 0.0486 e. The summed E-state index contributed by atoms with van der Waals surface area (Å²) in [5, 5.41) is 3.39. The van der Waals surface area contributed by atoms with E-state index in [2.05, 4.69) is 29.5 Å². The molecule has 2 nitrogen and oxygen atoms in total. The lowest BCUT2D eigenvalue weighted by molar-refractivity contribution is 0.244. The molecule has 1 heterocycles. The Kier molecular flexibility index (Phi) is 5.25. The van der Waals surface area contributed by atoms with Gasteiger partial charge >= 0.3 is 0 Å². The van der Waals surface area contributed by atoms with E-state index in [9.17, 15) is 0 Å². The van der Waals surface area contributed by atoms with Gasteiger partial charge in [-0.3, -0.25) is 4.90 Å². The van der Waals surface area contributed by atoms with E-state index in [1.807, 2.05) is 12.1 Å². The zero-order valence-electron chi connectivity index (χ0n) is 10.6. The van der Waals surface area contributed by atoms with Crippen LogP contribution in [0.15, 0.2) is 35.7 Å². The van der Waals surface area contributed by atoms with Crippen LogP contribution in [0.5, 0.6) is 0 Å². The van der Waals surface area contributed by atoms with Crippen molar-refractivity contribution < 1.29 is 0 Å². The smallest absolute Gasteiger partial charge is 0.0486 e. The first kappa shape index (κ1) is 14.8. The molecule has 0 radical (unpaired) electrons. The second-order valence-electron chi connectivity index (χ2n) is 4.41. The van der Waals surface area contributed by atoms with E-state index in [1.165, 1.54) is 4.88 Å². The number of nitrogens with two attached hydrogens (primary N) is 1. The molecule has 0 aliphatic heterocycles. The van der Waals surface area contributed by atoms with E-state index in [0.29, 0.717) is 16.6 Å². The number of benzene rings is 1. The average Bonchev–Trinajstić information content (AvgIpc) is 2.85. The van der Waals surface area contributed by atoms with Gasteiger partial charge in [-0.1, -0.05) is 35.3 Å². The van der Waals surface area contributed by atoms with Gasteiger partial charge in [0.25, 0.3) is 0 Å². The molecule has 2 N–H and O–H groups in total. The van der Waals surface area contributed by atoms with E-state index in [-0.39, 0.29) is 6.04 Å². The Morgan fingerprint density at radius 2 is 2.11 bits per heavy atom. The van der Waals surface area contributed by atoms with E-state index < -0.39 is 0 Å². The van der Waals surface area contributed by atoms with Crippen LogP contribution in [-0.2, 0) is 6.54 Å². The first-order valence-corrected chi connectivity index (χ1v) is 7.63. The summed E-state index contributed by atoms with van der Waals surface area (Å²) >= 11 is 13.9. The summed E-state index contributed by atoms with van der Waals surface area (Å²) in [5.41, 5.74) is 6.93. The molecule has 1 unspecified atom stereocenters. The van der Waals surface area contributed by atoms with Crippen molar-refractivity contribution in [1.82, 2.24) is 4.90 Å². The Labute approximate surface area is 127 Å². The molecule has 0 aliphatic carbocycles. The highest BCUT2D eigenvalue weighted by atomic mass is 35.5. The van der Waals surface area contributed by atoms with E-state index in [4.69, 9.17) is 28.9 Å². The van der Waals surface area contributed by atoms with Gasteiger partial charge in [0.2, 0.25) is 0 Å². The van der Waals surface area contributed by atoms with Crippen molar-refractivity contribution >= 4 is 34.5 Å². The maximum absolute atomic E-state index is 6.26. The minimum atomic E-state index is 0.0897. The fourth-order valence-corrected chi connectivity index (χ4v) is 3.38. The number of likely N-dealkylation sites (N-methyl/N-ethyl adjacent to an activating group) is 1. The Morgan fingerprint density at radius 3 is 2.68 bits per heavy atom. The highest BCUT2D eigenvalue weighted by molar-refractivity contribution is 7.09. The highest BCUT2D eigenvalue weighted by Crippen LogP contribution is 2.29. The molecule has 1 aromatic heterocycles. The van der Waals surface area contributed by atoms with Crippen LogP contribution in [0.3, 0.4) is 0 Å². The van der Waals surface area contributed by atoms with Crippen LogP contribution >= 0.6 is 34.5 Å². The molecule has 5 heteroatoms. The van der Waals surface area contributed by atoms with Gasteiger partial charge < -0.3 is 5.73 Å². The van der Waals surface area contributed by atoms with Gasteiger partial charge in [-0.25, -0.2) is 0 Å². The predicted octanol–water partition coefficient (Wildman–Crippen LogP) is 4.19. The molecular weight excluding hydrogens is 299 g/mol. The molecule has 0 bridgehead atoms. The topological polar surface area (TPSA) is 29.3 Å². The quantitative estimate of drug-likeness (QED) is 0.896. The second-order valence-corrected chi connectivity index (χ2v) is 6.29. The summed E-state index contributed by atoms with van der Waals surface area (Å²) in [7, 11) is 2.06. The van der Waals surface area contributed by atoms with Crippen molar-refractivity contribution in [1.29, 1.82) is 0 Å². The Hall–Kier alpha value is -0.580. The van der Waals surface area contributed by atoms with E-state index >= 15 is 0 Å². The number of nitrogens with zero attached hydrogens (tertiary/aromatic N) is 1. The standard InChI is InChI=1S/C14H16Cl2N2S/c1-18(9-11-3-2-6-19-11)14(8-17)12-5-4-10(15)7-13(12)16/h2-7,14H,8-9,17H2,1H3. The van der Waals surface area contributed by atoms with Crippen LogP contribution in [0.2, 0.25) is 10.0 Å². The van der Waals surface area contributed by atoms with Gasteiger partial charge in [-0.05, 0) is 36.2 Å². The second kappa shape index (κ2) is 6.73. The van der Waals surface area contributed by atoms with Crippen molar-refractivity contribution in [2.75, 3.05) is 13.6 Å². The van der Waals surface area contributed by atoms with Crippen molar-refractivity contribution in [3.8, 4) is 0 Å². The van der Waals surface area contributed by atoms with Gasteiger partial charge in [0.15, 0.2) is 0 Å². The molecule has 2 aromatic rings. The van der Waals surface area contributed by atoms with Gasteiger partial charge in [0.1, 0.15) is 0 Å². The molecule has 0 saturated heterocycles. The van der Waals surface area contributed by atoms with Crippen molar-refractivity contribution in [3.05, 3.63) is 56.2 Å². The van der Waals surface area contributed by atoms with Crippen LogP contribution in [-0.4, -0.2) is 18.5 Å². The molecule has 0 amide bonds. The SMILES string of the molecule is CN(Cc1cccs1)C(CN)c1ccc(Cl)cc1Cl. The minimum absolute atomic E-state index is 0.0897. The molecule has 2 rings (SSSR count). The van der Waals surface area contributed by atoms with Crippen molar-refractivity contribution in [2.24, 2.45) is 5.73 Å². The Balaban J connectivity index is 2.18. The van der Waals surface area contributed by atoms with Gasteiger partial charge in [0.05, 0.1) is 0 Å². The van der Waals surface area contributed by atoms with E-state index in [1.54, 1.807) is 17.4 Å². The van der Waals surface area contributed by atoms with Crippen LogP contribution < -0.4 is 5.73 Å². The van der Waals surface area contributed by atoms with Crippen molar-refractivity contribution in [2.45, 2.75) is 12.6 Å². The highest BCUT2D eigenvalue weighted by Gasteiger charge is 2.18. The molecule has 1 atom stereocenters. The van der Waals surface area contributed by atoms with Crippen LogP contribution in [0, 0.1) is 0 Å². The van der Waals surface area contributed by atoms with Crippen LogP contribution in [0.1, 0.15) is 16.5 Å². The summed E-state index contributed by atoms with van der Waals surface area (Å²) in [6.07, 6.45) is 0. The fourth-order valence-electron chi connectivity index (χ4n) is 2.07. The summed E-state index contributed by atoms with van der Waals surface area (Å²) in [5.74, 6) is 0. The molecule has 1 aromatic carbocycles. The van der Waals surface area contributed by atoms with Gasteiger partial charge in [-0.15, -0.1) is 11.3 Å². The maximum atomic E-state index is 6.26. The molecule has 0 saturated carbocycles. The summed E-state index contributed by atoms with van der Waals surface area (Å²) in [6, 6.07) is 9.84. The lowest BCUT2D eigenvalue weighted by Gasteiger charge is -2.27. The molecular formula is C14H16Cl2N2S. The first-order valence-electron chi connectivity index (χ1n) is 5.99. The molecule has 0 spiro atoms. The van der Waals surface area contributed by atoms with Crippen LogP contribution in [0.4, 0.5) is 0 Å². The number of hydrogen-bond acceptors (Lipinski definition) is 3. The Morgan fingerprint density at radius 1 is 1.32 bits per heavy atom. The molecule has 19 heavy (non-hydrogen) atoms. The zero-order chi connectivity index (χ0) is 13.8. The summed E-state index contributed by atoms with van der Waals surface area (Å²) < 4.78 is 0. The number of hydrogen-bond donors (Lipinski definition) is 1. The molecule has 102 valence electrons. The molecule has 0 aliphatic rings. The van der Waals surface area contributed by atoms with Gasteiger partial charge in [0, 0.05) is 34.1 Å². The normalized spacial score (nSPS) is 12.9. The summed E-state index contributed by atoms with van der Waals surface area (Å²) in [6.45, 7) is 1.38. The third-order valence-electron chi connectivity index (χ3n) is 3.06. The number of thiophene rings is 1. The van der Waals surface area contributed by atoms with Crippen molar-refractivity contribution in [3.63, 3.8) is 0 Å². The predicted molar refractivity (Wildman–Crippen MR) is 84.0 cm³/mol. The number of rotatable bonds is 5.